The Morgan fingerprint density at radius 3 is 2.24 bits per heavy atom. The average Bonchev–Trinajstić information content (AvgIpc) is 2.96. The summed E-state index contributed by atoms with van der Waals surface area (Å²) in [5.41, 5.74) is 2.92. The second-order valence-corrected chi connectivity index (χ2v) is 8.66. The first kappa shape index (κ1) is 26.6. The molecule has 0 fully saturated rings. The highest BCUT2D eigenvalue weighted by Crippen LogP contribution is 2.28. The summed E-state index contributed by atoms with van der Waals surface area (Å²) >= 11 is 0. The van der Waals surface area contributed by atoms with Gasteiger partial charge in [0.1, 0.15) is 25.1 Å². The fraction of sp³-hybridized carbons (Fsp3) is 0.161. The van der Waals surface area contributed by atoms with Crippen LogP contribution in [0.2, 0.25) is 0 Å². The van der Waals surface area contributed by atoms with Gasteiger partial charge >= 0.3 is 5.97 Å². The third kappa shape index (κ3) is 6.45. The molecule has 0 saturated carbocycles. The summed E-state index contributed by atoms with van der Waals surface area (Å²) in [7, 11) is 0. The number of ether oxygens (including phenoxy) is 2. The highest BCUT2D eigenvalue weighted by Gasteiger charge is 2.18. The van der Waals surface area contributed by atoms with Crippen LogP contribution >= 0.6 is 0 Å². The lowest BCUT2D eigenvalue weighted by atomic mass is 9.98. The van der Waals surface area contributed by atoms with E-state index in [0.717, 1.165) is 22.4 Å². The first-order chi connectivity index (χ1) is 18.5. The number of nitrogens with one attached hydrogen (secondary N) is 1. The molecule has 4 rings (SSSR count). The minimum Gasteiger partial charge on any atom is -0.490 e. The van der Waals surface area contributed by atoms with Gasteiger partial charge in [0.2, 0.25) is 0 Å². The van der Waals surface area contributed by atoms with Crippen LogP contribution in [-0.4, -0.2) is 30.3 Å². The molecule has 0 spiro atoms. The fourth-order valence-corrected chi connectivity index (χ4v) is 4.21. The van der Waals surface area contributed by atoms with Gasteiger partial charge in [-0.05, 0) is 58.7 Å². The van der Waals surface area contributed by atoms with Crippen LogP contribution in [0.5, 0.6) is 5.75 Å². The third-order valence-electron chi connectivity index (χ3n) is 6.16. The van der Waals surface area contributed by atoms with E-state index >= 15 is 0 Å². The third-order valence-corrected chi connectivity index (χ3v) is 6.16. The van der Waals surface area contributed by atoms with Crippen molar-refractivity contribution in [3.05, 3.63) is 126 Å². The molecule has 0 aromatic heterocycles. The topological polar surface area (TPSA) is 94.1 Å². The molecule has 7 heteroatoms. The van der Waals surface area contributed by atoms with Gasteiger partial charge in [-0.1, -0.05) is 73.3 Å². The Hall–Kier alpha value is -4.46. The zero-order valence-corrected chi connectivity index (χ0v) is 21.0. The van der Waals surface area contributed by atoms with Crippen LogP contribution in [0, 0.1) is 0 Å². The van der Waals surface area contributed by atoms with E-state index in [-0.39, 0.29) is 25.2 Å². The summed E-state index contributed by atoms with van der Waals surface area (Å²) in [5.74, 6) is -0.124. The van der Waals surface area contributed by atoms with Crippen LogP contribution in [-0.2, 0) is 14.4 Å². The van der Waals surface area contributed by atoms with Gasteiger partial charge < -0.3 is 14.8 Å². The Bertz CT molecular complexity index is 1390. The maximum atomic E-state index is 12.9. The molecule has 2 atom stereocenters. The molecule has 0 radical (unpaired) electrons. The lowest BCUT2D eigenvalue weighted by Gasteiger charge is -2.18. The van der Waals surface area contributed by atoms with Crippen molar-refractivity contribution < 1.29 is 29.2 Å². The summed E-state index contributed by atoms with van der Waals surface area (Å²) in [6.45, 7) is 5.60. The quantitative estimate of drug-likeness (QED) is 0.0841. The number of esters is 1. The van der Waals surface area contributed by atoms with Gasteiger partial charge in [0.15, 0.2) is 0 Å². The Labute approximate surface area is 221 Å². The van der Waals surface area contributed by atoms with Gasteiger partial charge in [0.25, 0.3) is 5.91 Å². The molecule has 38 heavy (non-hydrogen) atoms. The van der Waals surface area contributed by atoms with Crippen LogP contribution < -0.4 is 10.1 Å². The van der Waals surface area contributed by atoms with E-state index in [1.807, 2.05) is 31.2 Å². The van der Waals surface area contributed by atoms with Crippen molar-refractivity contribution in [2.45, 2.75) is 19.1 Å². The Morgan fingerprint density at radius 1 is 0.895 bits per heavy atom. The van der Waals surface area contributed by atoms with Crippen LogP contribution in [0.4, 0.5) is 0 Å². The Kier molecular flexibility index (Phi) is 8.87. The molecule has 4 aromatic rings. The SMILES string of the molecule is C=CC(=O)OCCOc1ccc(C(OO)c2ccc(C(=O)N[C@@H](C)c3cccc4ccccc34)cc2)cc1. The number of fused-ring (bicyclic) bond motifs is 1. The number of hydrogen-bond acceptors (Lipinski definition) is 6. The molecule has 0 saturated heterocycles. The smallest absolute Gasteiger partial charge is 0.330 e. The maximum absolute atomic E-state index is 12.9. The van der Waals surface area contributed by atoms with Crippen LogP contribution in [0.15, 0.2) is 104 Å². The van der Waals surface area contributed by atoms with Crippen molar-refractivity contribution in [3.8, 4) is 5.75 Å². The molecule has 7 nitrogen and oxygen atoms in total. The summed E-state index contributed by atoms with van der Waals surface area (Å²) < 4.78 is 10.4. The van der Waals surface area contributed by atoms with Crippen LogP contribution in [0.25, 0.3) is 10.8 Å². The number of amides is 1. The van der Waals surface area contributed by atoms with Gasteiger partial charge in [-0.2, -0.15) is 0 Å². The van der Waals surface area contributed by atoms with Crippen molar-refractivity contribution in [3.63, 3.8) is 0 Å². The van der Waals surface area contributed by atoms with E-state index in [2.05, 4.69) is 30.1 Å². The number of carbonyl (C=O) groups is 2. The molecule has 2 N–H and O–H groups in total. The van der Waals surface area contributed by atoms with Gasteiger partial charge in [-0.3, -0.25) is 10.1 Å². The highest BCUT2D eigenvalue weighted by molar-refractivity contribution is 5.95. The average molecular weight is 512 g/mol. The minimum absolute atomic E-state index is 0.107. The van der Waals surface area contributed by atoms with Crippen molar-refractivity contribution in [1.82, 2.24) is 5.32 Å². The standard InChI is InChI=1S/C31H29NO6/c1-3-29(33)37-20-19-36-26-17-15-24(16-18-26)30(38-35)23-11-13-25(14-12-23)31(34)32-21(2)27-10-6-8-22-7-4-5-9-28(22)27/h3-18,21,30,35H,1,19-20H2,2H3,(H,32,34)/t21-,30?/m0/s1. The number of benzene rings is 4. The van der Waals surface area contributed by atoms with Gasteiger partial charge in [0, 0.05) is 11.6 Å². The molecular formula is C31H29NO6. The normalized spacial score (nSPS) is 12.4. The van der Waals surface area contributed by atoms with E-state index in [1.54, 1.807) is 48.5 Å². The molecule has 0 aliphatic carbocycles. The first-order valence-corrected chi connectivity index (χ1v) is 12.2. The van der Waals surface area contributed by atoms with Crippen molar-refractivity contribution in [1.29, 1.82) is 0 Å². The Morgan fingerprint density at radius 2 is 1.55 bits per heavy atom. The predicted octanol–water partition coefficient (Wildman–Crippen LogP) is 6.02. The molecule has 194 valence electrons. The second kappa shape index (κ2) is 12.7. The maximum Gasteiger partial charge on any atom is 0.330 e. The van der Waals surface area contributed by atoms with Crippen LogP contribution in [0.3, 0.4) is 0 Å². The van der Waals surface area contributed by atoms with Crippen molar-refractivity contribution in [2.24, 2.45) is 0 Å². The van der Waals surface area contributed by atoms with Gasteiger partial charge in [-0.25, -0.2) is 9.68 Å². The van der Waals surface area contributed by atoms with Gasteiger partial charge in [-0.15, -0.1) is 0 Å². The predicted molar refractivity (Wildman–Crippen MR) is 145 cm³/mol. The zero-order chi connectivity index (χ0) is 26.9. The molecule has 0 bridgehead atoms. The molecule has 0 heterocycles. The van der Waals surface area contributed by atoms with Crippen LogP contribution in [0.1, 0.15) is 46.1 Å². The number of carbonyl (C=O) groups excluding carboxylic acids is 2. The lowest BCUT2D eigenvalue weighted by molar-refractivity contribution is -0.270. The Balaban J connectivity index is 1.38. The highest BCUT2D eigenvalue weighted by atomic mass is 17.1. The monoisotopic (exact) mass is 511 g/mol. The van der Waals surface area contributed by atoms with Crippen molar-refractivity contribution in [2.75, 3.05) is 13.2 Å². The largest absolute Gasteiger partial charge is 0.490 e. The summed E-state index contributed by atoms with van der Waals surface area (Å²) in [6.07, 6.45) is 0.347. The number of hydrogen-bond donors (Lipinski definition) is 2. The molecule has 4 aromatic carbocycles. The summed E-state index contributed by atoms with van der Waals surface area (Å²) in [4.78, 5) is 28.8. The van der Waals surface area contributed by atoms with Gasteiger partial charge in [0.05, 0.1) is 6.04 Å². The molecule has 0 aliphatic heterocycles. The molecular weight excluding hydrogens is 482 g/mol. The van der Waals surface area contributed by atoms with E-state index in [9.17, 15) is 14.8 Å². The van der Waals surface area contributed by atoms with E-state index in [4.69, 9.17) is 14.4 Å². The molecule has 1 unspecified atom stereocenters. The fourth-order valence-electron chi connectivity index (χ4n) is 4.21. The van der Waals surface area contributed by atoms with E-state index in [0.29, 0.717) is 22.4 Å². The molecule has 0 aliphatic rings. The number of rotatable bonds is 11. The summed E-state index contributed by atoms with van der Waals surface area (Å²) in [5, 5.41) is 14.9. The lowest BCUT2D eigenvalue weighted by Crippen LogP contribution is -2.26. The minimum atomic E-state index is -0.746. The van der Waals surface area contributed by atoms with E-state index in [1.165, 1.54) is 0 Å². The first-order valence-electron chi connectivity index (χ1n) is 12.2. The summed E-state index contributed by atoms with van der Waals surface area (Å²) in [6, 6.07) is 27.9. The second-order valence-electron chi connectivity index (χ2n) is 8.66. The molecule has 1 amide bonds. The zero-order valence-electron chi connectivity index (χ0n) is 21.0. The van der Waals surface area contributed by atoms with E-state index < -0.39 is 12.1 Å². The van der Waals surface area contributed by atoms with Crippen molar-refractivity contribution >= 4 is 22.6 Å².